The molecule has 0 heterocycles. The number of para-hydroxylation sites is 1. The van der Waals surface area contributed by atoms with E-state index in [1.54, 1.807) is 18.2 Å². The highest BCUT2D eigenvalue weighted by atomic mass is 32.2. The molecule has 0 amide bonds. The fourth-order valence-electron chi connectivity index (χ4n) is 2.83. The average Bonchev–Trinajstić information content (AvgIpc) is 2.64. The average molecular weight is 365 g/mol. The zero-order valence-corrected chi connectivity index (χ0v) is 15.8. The number of hydrogen-bond acceptors (Lipinski definition) is 2. The molecule has 0 spiro atoms. The third-order valence-electron chi connectivity index (χ3n) is 4.36. The van der Waals surface area contributed by atoms with Crippen LogP contribution in [0.1, 0.15) is 36.5 Å². The second-order valence-corrected chi connectivity index (χ2v) is 8.33. The van der Waals surface area contributed by atoms with Gasteiger partial charge in [-0.1, -0.05) is 74.5 Å². The molecule has 1 N–H and O–H groups in total. The summed E-state index contributed by atoms with van der Waals surface area (Å²) in [6.07, 6.45) is 0.672. The highest BCUT2D eigenvalue weighted by Crippen LogP contribution is 2.24. The first-order valence-electron chi connectivity index (χ1n) is 8.70. The summed E-state index contributed by atoms with van der Waals surface area (Å²) in [4.78, 5) is 0.274. The molecule has 0 unspecified atom stereocenters. The van der Waals surface area contributed by atoms with Gasteiger partial charge in [0, 0.05) is 0 Å². The van der Waals surface area contributed by atoms with E-state index in [0.29, 0.717) is 18.0 Å². The molecule has 3 rings (SSSR count). The quantitative estimate of drug-likeness (QED) is 0.652. The molecule has 26 heavy (non-hydrogen) atoms. The molecule has 0 radical (unpaired) electrons. The van der Waals surface area contributed by atoms with Crippen molar-refractivity contribution in [2.24, 2.45) is 0 Å². The summed E-state index contributed by atoms with van der Waals surface area (Å²) in [6, 6.07) is 24.6. The Bertz CT molecular complexity index is 963. The van der Waals surface area contributed by atoms with E-state index in [4.69, 9.17) is 0 Å². The van der Waals surface area contributed by atoms with E-state index in [1.165, 1.54) is 0 Å². The van der Waals surface area contributed by atoms with Gasteiger partial charge in [0.25, 0.3) is 10.0 Å². The largest absolute Gasteiger partial charge is 0.279 e. The van der Waals surface area contributed by atoms with Gasteiger partial charge < -0.3 is 0 Å². The molecule has 3 nitrogen and oxygen atoms in total. The number of hydrogen-bond donors (Lipinski definition) is 1. The van der Waals surface area contributed by atoms with Gasteiger partial charge in [0.15, 0.2) is 0 Å². The summed E-state index contributed by atoms with van der Waals surface area (Å²) < 4.78 is 28.3. The van der Waals surface area contributed by atoms with Crippen molar-refractivity contribution in [2.45, 2.75) is 31.1 Å². The second-order valence-electron chi connectivity index (χ2n) is 6.65. The Labute approximate surface area is 155 Å². The van der Waals surface area contributed by atoms with Crippen LogP contribution in [0, 0.1) is 0 Å². The van der Waals surface area contributed by atoms with E-state index in [-0.39, 0.29) is 4.90 Å². The summed E-state index contributed by atoms with van der Waals surface area (Å²) in [5.41, 5.74) is 3.82. The van der Waals surface area contributed by atoms with E-state index < -0.39 is 10.0 Å². The molecule has 0 saturated heterocycles. The van der Waals surface area contributed by atoms with E-state index >= 15 is 0 Å². The molecule has 134 valence electrons. The number of anilines is 1. The van der Waals surface area contributed by atoms with Crippen LogP contribution in [-0.4, -0.2) is 8.42 Å². The van der Waals surface area contributed by atoms with E-state index in [1.807, 2.05) is 60.7 Å². The third kappa shape index (κ3) is 4.33. The normalized spacial score (nSPS) is 11.5. The van der Waals surface area contributed by atoms with Gasteiger partial charge >= 0.3 is 0 Å². The predicted octanol–water partition coefficient (Wildman–Crippen LogP) is 5.20. The topological polar surface area (TPSA) is 46.2 Å². The van der Waals surface area contributed by atoms with Gasteiger partial charge in [0.05, 0.1) is 10.6 Å². The van der Waals surface area contributed by atoms with Crippen molar-refractivity contribution in [1.82, 2.24) is 0 Å². The third-order valence-corrected chi connectivity index (χ3v) is 5.74. The summed E-state index contributed by atoms with van der Waals surface area (Å²) in [6.45, 7) is 4.17. The Kier molecular flexibility index (Phi) is 5.43. The van der Waals surface area contributed by atoms with Crippen molar-refractivity contribution in [3.05, 3.63) is 95.6 Å². The molecule has 0 atom stereocenters. The number of rotatable bonds is 6. The lowest BCUT2D eigenvalue weighted by atomic mass is 10.0. The highest BCUT2D eigenvalue weighted by Gasteiger charge is 2.16. The highest BCUT2D eigenvalue weighted by molar-refractivity contribution is 7.92. The first-order chi connectivity index (χ1) is 12.5. The van der Waals surface area contributed by atoms with Crippen molar-refractivity contribution >= 4 is 15.7 Å². The molecule has 0 bridgehead atoms. The maximum absolute atomic E-state index is 12.8. The van der Waals surface area contributed by atoms with Gasteiger partial charge in [-0.05, 0) is 47.2 Å². The molecule has 0 fully saturated rings. The van der Waals surface area contributed by atoms with Crippen LogP contribution in [0.15, 0.2) is 83.8 Å². The smallest absolute Gasteiger partial charge is 0.261 e. The first kappa shape index (κ1) is 18.2. The maximum atomic E-state index is 12.8. The SMILES string of the molecule is CC(C)c1ccc(S(=O)(=O)Nc2ccccc2Cc2ccccc2)cc1. The second kappa shape index (κ2) is 7.75. The van der Waals surface area contributed by atoms with E-state index in [9.17, 15) is 8.42 Å². The standard InChI is InChI=1S/C22H23NO2S/c1-17(2)19-12-14-21(15-13-19)26(24,25)23-22-11-7-6-10-20(22)16-18-8-4-3-5-9-18/h3-15,17,23H,16H2,1-2H3. The molecule has 0 aliphatic rings. The minimum Gasteiger partial charge on any atom is -0.279 e. The summed E-state index contributed by atoms with van der Waals surface area (Å²) in [5, 5.41) is 0. The number of benzene rings is 3. The Morgan fingerprint density at radius 1 is 0.808 bits per heavy atom. The maximum Gasteiger partial charge on any atom is 0.261 e. The van der Waals surface area contributed by atoms with Crippen LogP contribution in [0.3, 0.4) is 0 Å². The Morgan fingerprint density at radius 2 is 1.42 bits per heavy atom. The molecule has 0 aliphatic carbocycles. The van der Waals surface area contributed by atoms with Gasteiger partial charge in [-0.3, -0.25) is 4.72 Å². The van der Waals surface area contributed by atoms with Crippen molar-refractivity contribution in [3.63, 3.8) is 0 Å². The zero-order valence-electron chi connectivity index (χ0n) is 15.0. The molecule has 0 aliphatic heterocycles. The number of sulfonamides is 1. The molecule has 3 aromatic rings. The van der Waals surface area contributed by atoms with Gasteiger partial charge in [-0.25, -0.2) is 8.42 Å². The number of nitrogens with one attached hydrogen (secondary N) is 1. The van der Waals surface area contributed by atoms with Gasteiger partial charge in [0.1, 0.15) is 0 Å². The molecule has 0 saturated carbocycles. The fraction of sp³-hybridized carbons (Fsp3) is 0.182. The monoisotopic (exact) mass is 365 g/mol. The fourth-order valence-corrected chi connectivity index (χ4v) is 3.93. The van der Waals surface area contributed by atoms with Crippen LogP contribution in [0.25, 0.3) is 0 Å². The molecular weight excluding hydrogens is 342 g/mol. The van der Waals surface area contributed by atoms with Crippen LogP contribution in [-0.2, 0) is 16.4 Å². The summed E-state index contributed by atoms with van der Waals surface area (Å²) in [5.74, 6) is 0.367. The van der Waals surface area contributed by atoms with Gasteiger partial charge in [0.2, 0.25) is 0 Å². The minimum atomic E-state index is -3.62. The molecule has 4 heteroatoms. The van der Waals surface area contributed by atoms with Crippen LogP contribution >= 0.6 is 0 Å². The van der Waals surface area contributed by atoms with Crippen molar-refractivity contribution in [1.29, 1.82) is 0 Å². The Balaban J connectivity index is 1.86. The van der Waals surface area contributed by atoms with Crippen molar-refractivity contribution in [2.75, 3.05) is 4.72 Å². The summed E-state index contributed by atoms with van der Waals surface area (Å²) in [7, 11) is -3.62. The van der Waals surface area contributed by atoms with Gasteiger partial charge in [-0.15, -0.1) is 0 Å². The summed E-state index contributed by atoms with van der Waals surface area (Å²) >= 11 is 0. The van der Waals surface area contributed by atoms with Crippen LogP contribution in [0.2, 0.25) is 0 Å². The first-order valence-corrected chi connectivity index (χ1v) is 10.2. The van der Waals surface area contributed by atoms with E-state index in [2.05, 4.69) is 18.6 Å². The Hall–Kier alpha value is -2.59. The van der Waals surface area contributed by atoms with Gasteiger partial charge in [-0.2, -0.15) is 0 Å². The lowest BCUT2D eigenvalue weighted by Gasteiger charge is -2.13. The van der Waals surface area contributed by atoms with Crippen molar-refractivity contribution < 1.29 is 8.42 Å². The van der Waals surface area contributed by atoms with Crippen LogP contribution in [0.5, 0.6) is 0 Å². The van der Waals surface area contributed by atoms with Crippen LogP contribution in [0.4, 0.5) is 5.69 Å². The molecule has 3 aromatic carbocycles. The lowest BCUT2D eigenvalue weighted by Crippen LogP contribution is -2.14. The zero-order chi connectivity index (χ0) is 18.6. The van der Waals surface area contributed by atoms with E-state index in [0.717, 1.165) is 16.7 Å². The van der Waals surface area contributed by atoms with Crippen molar-refractivity contribution in [3.8, 4) is 0 Å². The minimum absolute atomic E-state index is 0.274. The Morgan fingerprint density at radius 3 is 2.08 bits per heavy atom. The predicted molar refractivity (Wildman–Crippen MR) is 107 cm³/mol. The molecule has 0 aromatic heterocycles. The lowest BCUT2D eigenvalue weighted by molar-refractivity contribution is 0.601. The van der Waals surface area contributed by atoms with Crippen LogP contribution < -0.4 is 4.72 Å². The molecular formula is C22H23NO2S.